The predicted octanol–water partition coefficient (Wildman–Crippen LogP) is 0.820. The predicted molar refractivity (Wildman–Crippen MR) is 73.3 cm³/mol. The van der Waals surface area contributed by atoms with E-state index in [1.54, 1.807) is 24.3 Å². The number of nitrogens with one attached hydrogen (secondary N) is 1. The first-order valence-corrected chi connectivity index (χ1v) is 7.56. The highest BCUT2D eigenvalue weighted by Crippen LogP contribution is 2.20. The Labute approximate surface area is 117 Å². The minimum atomic E-state index is -3.86. The summed E-state index contributed by atoms with van der Waals surface area (Å²) < 4.78 is 31.1. The van der Waals surface area contributed by atoms with Gasteiger partial charge in [0.1, 0.15) is 0 Å². The molecule has 2 rings (SSSR count). The lowest BCUT2D eigenvalue weighted by atomic mass is 10.0. The van der Waals surface area contributed by atoms with E-state index in [-0.39, 0.29) is 19.6 Å². The molecule has 20 heavy (non-hydrogen) atoms. The highest BCUT2D eigenvalue weighted by atomic mass is 32.2. The summed E-state index contributed by atoms with van der Waals surface area (Å²) in [5.41, 5.74) is -0.857. The van der Waals surface area contributed by atoms with Crippen molar-refractivity contribution in [3.05, 3.63) is 41.3 Å². The maximum atomic E-state index is 12.0. The van der Waals surface area contributed by atoms with Crippen LogP contribution in [-0.4, -0.2) is 38.2 Å². The molecule has 6 nitrogen and oxygen atoms in total. The smallest absolute Gasteiger partial charge is 0.327 e. The Bertz CT molecular complexity index is 603. The lowest BCUT2D eigenvalue weighted by molar-refractivity contribution is -0.144. The van der Waals surface area contributed by atoms with Gasteiger partial charge in [0.2, 0.25) is 10.0 Å². The van der Waals surface area contributed by atoms with Crippen LogP contribution in [0.25, 0.3) is 6.08 Å². The van der Waals surface area contributed by atoms with Crippen molar-refractivity contribution in [2.24, 2.45) is 0 Å². The Kier molecular flexibility index (Phi) is 4.22. The van der Waals surface area contributed by atoms with Gasteiger partial charge >= 0.3 is 5.97 Å². The number of benzene rings is 1. The third-order valence-corrected chi connectivity index (χ3v) is 4.18. The molecule has 1 aromatic rings. The first-order chi connectivity index (χ1) is 9.44. The van der Waals surface area contributed by atoms with E-state index in [0.29, 0.717) is 5.56 Å². The van der Waals surface area contributed by atoms with Crippen molar-refractivity contribution in [2.75, 3.05) is 13.2 Å². The lowest BCUT2D eigenvalue weighted by Gasteiger charge is -2.22. The van der Waals surface area contributed by atoms with E-state index in [9.17, 15) is 18.3 Å². The average Bonchev–Trinajstić information content (AvgIpc) is 2.87. The molecular weight excluding hydrogens is 282 g/mol. The topological polar surface area (TPSA) is 92.7 Å². The molecule has 0 saturated carbocycles. The largest absolute Gasteiger partial charge is 0.480 e. The van der Waals surface area contributed by atoms with E-state index in [2.05, 4.69) is 4.72 Å². The van der Waals surface area contributed by atoms with Crippen LogP contribution in [0.4, 0.5) is 0 Å². The maximum Gasteiger partial charge on any atom is 0.327 e. The van der Waals surface area contributed by atoms with E-state index >= 15 is 0 Å². The van der Waals surface area contributed by atoms with Crippen LogP contribution >= 0.6 is 0 Å². The summed E-state index contributed by atoms with van der Waals surface area (Å²) in [5.74, 6) is -1.23. The van der Waals surface area contributed by atoms with Gasteiger partial charge < -0.3 is 9.84 Å². The molecule has 1 aliphatic heterocycles. The Morgan fingerprint density at radius 1 is 1.35 bits per heavy atom. The summed E-state index contributed by atoms with van der Waals surface area (Å²) in [5, 5.41) is 10.1. The highest BCUT2D eigenvalue weighted by Gasteiger charge is 2.45. The average molecular weight is 297 g/mol. The van der Waals surface area contributed by atoms with Crippen molar-refractivity contribution in [2.45, 2.75) is 12.0 Å². The van der Waals surface area contributed by atoms with Crippen LogP contribution in [0.15, 0.2) is 35.7 Å². The molecule has 1 aromatic carbocycles. The molecule has 0 spiro atoms. The zero-order valence-corrected chi connectivity index (χ0v) is 11.5. The highest BCUT2D eigenvalue weighted by molar-refractivity contribution is 7.92. The molecule has 0 unspecified atom stereocenters. The summed E-state index contributed by atoms with van der Waals surface area (Å²) in [6, 6.07) is 8.88. The van der Waals surface area contributed by atoms with Gasteiger partial charge in [0.05, 0.1) is 6.61 Å². The van der Waals surface area contributed by atoms with Gasteiger partial charge in [0.25, 0.3) is 0 Å². The number of carboxylic acids is 1. The number of hydrogen-bond acceptors (Lipinski definition) is 4. The monoisotopic (exact) mass is 297 g/mol. The molecule has 1 saturated heterocycles. The molecule has 0 radical (unpaired) electrons. The molecule has 2 N–H and O–H groups in total. The summed E-state index contributed by atoms with van der Waals surface area (Å²) >= 11 is 0. The summed E-state index contributed by atoms with van der Waals surface area (Å²) in [4.78, 5) is 11.2. The summed E-state index contributed by atoms with van der Waals surface area (Å²) in [6.07, 6.45) is 1.52. The van der Waals surface area contributed by atoms with Crippen molar-refractivity contribution >= 4 is 22.1 Å². The molecule has 108 valence electrons. The molecule has 1 atom stereocenters. The van der Waals surface area contributed by atoms with Crippen LogP contribution in [0.2, 0.25) is 0 Å². The van der Waals surface area contributed by atoms with E-state index in [4.69, 9.17) is 4.74 Å². The minimum absolute atomic E-state index is 0.112. The zero-order chi connectivity index (χ0) is 14.6. The van der Waals surface area contributed by atoms with E-state index < -0.39 is 21.5 Å². The van der Waals surface area contributed by atoms with Crippen LogP contribution in [0.5, 0.6) is 0 Å². The second-order valence-electron chi connectivity index (χ2n) is 4.55. The number of aliphatic carboxylic acids is 1. The molecule has 7 heteroatoms. The number of rotatable bonds is 5. The number of sulfonamides is 1. The van der Waals surface area contributed by atoms with Crippen molar-refractivity contribution in [1.82, 2.24) is 4.72 Å². The molecule has 1 fully saturated rings. The van der Waals surface area contributed by atoms with Crippen LogP contribution in [0.1, 0.15) is 12.0 Å². The number of carboxylic acid groups (broad SMARTS) is 1. The van der Waals surface area contributed by atoms with Gasteiger partial charge in [-0.25, -0.2) is 8.42 Å². The van der Waals surface area contributed by atoms with Gasteiger partial charge in [-0.1, -0.05) is 30.3 Å². The normalized spacial score (nSPS) is 23.2. The minimum Gasteiger partial charge on any atom is -0.480 e. The Hall–Kier alpha value is -1.70. The Balaban J connectivity index is 2.15. The maximum absolute atomic E-state index is 12.0. The van der Waals surface area contributed by atoms with Gasteiger partial charge in [-0.05, 0) is 11.6 Å². The molecule has 1 aliphatic rings. The van der Waals surface area contributed by atoms with Crippen molar-refractivity contribution in [3.63, 3.8) is 0 Å². The second-order valence-corrected chi connectivity index (χ2v) is 6.12. The fourth-order valence-corrected chi connectivity index (χ4v) is 3.09. The number of carbonyl (C=O) groups is 1. The Morgan fingerprint density at radius 3 is 2.60 bits per heavy atom. The van der Waals surface area contributed by atoms with Crippen LogP contribution in [0, 0.1) is 0 Å². The number of hydrogen-bond donors (Lipinski definition) is 2. The molecular formula is C13H15NO5S. The second kappa shape index (κ2) is 5.74. The first kappa shape index (κ1) is 14.7. The van der Waals surface area contributed by atoms with E-state index in [1.807, 2.05) is 6.07 Å². The molecule has 0 aromatic heterocycles. The van der Waals surface area contributed by atoms with Crippen molar-refractivity contribution in [1.29, 1.82) is 0 Å². The van der Waals surface area contributed by atoms with Gasteiger partial charge in [0.15, 0.2) is 5.54 Å². The van der Waals surface area contributed by atoms with E-state index in [1.165, 1.54) is 6.08 Å². The Morgan fingerprint density at radius 2 is 2.05 bits per heavy atom. The zero-order valence-electron chi connectivity index (χ0n) is 10.7. The summed E-state index contributed by atoms with van der Waals surface area (Å²) in [6.45, 7) is 0.0535. The fraction of sp³-hybridized carbons (Fsp3) is 0.308. The first-order valence-electron chi connectivity index (χ1n) is 6.02. The summed E-state index contributed by atoms with van der Waals surface area (Å²) in [7, 11) is -3.86. The molecule has 0 amide bonds. The van der Waals surface area contributed by atoms with Gasteiger partial charge in [-0.2, -0.15) is 4.72 Å². The van der Waals surface area contributed by atoms with Crippen LogP contribution in [0.3, 0.4) is 0 Å². The van der Waals surface area contributed by atoms with Crippen molar-refractivity contribution in [3.8, 4) is 0 Å². The van der Waals surface area contributed by atoms with Gasteiger partial charge in [0, 0.05) is 18.4 Å². The number of ether oxygens (including phenoxy) is 1. The fourth-order valence-electron chi connectivity index (χ4n) is 1.90. The SMILES string of the molecule is O=C(O)[C@@]1(NS(=O)(=O)/C=C/c2ccccc2)CCOC1. The van der Waals surface area contributed by atoms with E-state index in [0.717, 1.165) is 5.41 Å². The van der Waals surface area contributed by atoms with Crippen molar-refractivity contribution < 1.29 is 23.1 Å². The van der Waals surface area contributed by atoms with Crippen LogP contribution in [-0.2, 0) is 19.6 Å². The lowest BCUT2D eigenvalue weighted by Crippen LogP contribution is -2.54. The van der Waals surface area contributed by atoms with Crippen LogP contribution < -0.4 is 4.72 Å². The molecule has 1 heterocycles. The quantitative estimate of drug-likeness (QED) is 0.839. The third-order valence-electron chi connectivity index (χ3n) is 3.01. The molecule has 0 aliphatic carbocycles. The standard InChI is InChI=1S/C13H15NO5S/c15-12(16)13(7-8-19-10-13)14-20(17,18)9-6-11-4-2-1-3-5-11/h1-6,9,14H,7-8,10H2,(H,15,16)/b9-6+/t13-/m1/s1. The third kappa shape index (κ3) is 3.44. The van der Waals surface area contributed by atoms with Gasteiger partial charge in [-0.3, -0.25) is 4.79 Å². The van der Waals surface area contributed by atoms with Gasteiger partial charge in [-0.15, -0.1) is 0 Å². The molecule has 0 bridgehead atoms.